The van der Waals surface area contributed by atoms with Crippen LogP contribution in [0.5, 0.6) is 0 Å². The Morgan fingerprint density at radius 3 is 2.79 bits per heavy atom. The number of nitro groups is 1. The molecule has 0 atom stereocenters. The van der Waals surface area contributed by atoms with E-state index in [2.05, 4.69) is 12.6 Å². The van der Waals surface area contributed by atoms with Crippen LogP contribution in [0.2, 0.25) is 0 Å². The number of fused-ring (bicyclic) bond motifs is 1. The van der Waals surface area contributed by atoms with Crippen molar-refractivity contribution in [3.8, 4) is 0 Å². The van der Waals surface area contributed by atoms with Gasteiger partial charge in [0.15, 0.2) is 0 Å². The van der Waals surface area contributed by atoms with Crippen molar-refractivity contribution >= 4 is 39.7 Å². The van der Waals surface area contributed by atoms with Crippen LogP contribution in [-0.2, 0) is 0 Å². The van der Waals surface area contributed by atoms with Crippen LogP contribution in [-0.4, -0.2) is 4.92 Å². The van der Waals surface area contributed by atoms with Crippen LogP contribution in [0.15, 0.2) is 22.4 Å². The monoisotopic (exact) mass is 225 g/mol. The van der Waals surface area contributed by atoms with Gasteiger partial charge in [-0.15, -0.1) is 24.0 Å². The van der Waals surface area contributed by atoms with E-state index in [1.165, 1.54) is 11.3 Å². The van der Waals surface area contributed by atoms with E-state index in [4.69, 9.17) is 0 Å². The molecule has 3 nitrogen and oxygen atoms in total. The van der Waals surface area contributed by atoms with Gasteiger partial charge in [-0.25, -0.2) is 0 Å². The van der Waals surface area contributed by atoms with E-state index < -0.39 is 0 Å². The predicted octanol–water partition coefficient (Wildman–Crippen LogP) is 3.41. The molecule has 72 valence electrons. The van der Waals surface area contributed by atoms with Crippen LogP contribution >= 0.6 is 24.0 Å². The molecule has 1 heterocycles. The van der Waals surface area contributed by atoms with Crippen molar-refractivity contribution in [2.24, 2.45) is 0 Å². The van der Waals surface area contributed by atoms with Crippen molar-refractivity contribution in [2.45, 2.75) is 11.1 Å². The molecule has 0 saturated carbocycles. The highest BCUT2D eigenvalue weighted by molar-refractivity contribution is 7.83. The maximum atomic E-state index is 10.8. The molecule has 0 N–H and O–H groups in total. The van der Waals surface area contributed by atoms with Gasteiger partial charge in [0.05, 0.1) is 14.5 Å². The third-order valence-corrected chi connectivity index (χ3v) is 3.23. The molecule has 2 aromatic rings. The number of hydrogen-bond donors (Lipinski definition) is 1. The van der Waals surface area contributed by atoms with Gasteiger partial charge in [-0.2, -0.15) is 0 Å². The number of thiophene rings is 1. The lowest BCUT2D eigenvalue weighted by Gasteiger charge is -1.95. The Morgan fingerprint density at radius 1 is 1.43 bits per heavy atom. The molecule has 5 heteroatoms. The van der Waals surface area contributed by atoms with Crippen molar-refractivity contribution in [1.29, 1.82) is 0 Å². The van der Waals surface area contributed by atoms with Gasteiger partial charge in [-0.3, -0.25) is 10.1 Å². The number of aryl methyl sites for hydroxylation is 1. The molecule has 0 radical (unpaired) electrons. The fraction of sp³-hybridized carbons (Fsp3) is 0.111. The summed E-state index contributed by atoms with van der Waals surface area (Å²) in [7, 11) is 0. The fourth-order valence-corrected chi connectivity index (χ4v) is 2.74. The zero-order valence-corrected chi connectivity index (χ0v) is 9.06. The molecule has 0 saturated heterocycles. The van der Waals surface area contributed by atoms with Crippen molar-refractivity contribution in [3.63, 3.8) is 0 Å². The minimum Gasteiger partial charge on any atom is -0.258 e. The van der Waals surface area contributed by atoms with Crippen molar-refractivity contribution in [3.05, 3.63) is 33.9 Å². The largest absolute Gasteiger partial charge is 0.278 e. The molecule has 0 unspecified atom stereocenters. The SMILES string of the molecule is Cc1cc([N+](=O)[O-])c2cc(S)sc2c1. The molecule has 2 rings (SSSR count). The Hall–Kier alpha value is -1.07. The van der Waals surface area contributed by atoms with E-state index in [0.29, 0.717) is 5.39 Å². The van der Waals surface area contributed by atoms with Crippen LogP contribution in [0.4, 0.5) is 5.69 Å². The normalized spacial score (nSPS) is 10.7. The number of nitro benzene ring substituents is 1. The highest BCUT2D eigenvalue weighted by Crippen LogP contribution is 2.35. The quantitative estimate of drug-likeness (QED) is 0.459. The first-order valence-electron chi connectivity index (χ1n) is 3.95. The van der Waals surface area contributed by atoms with Crippen LogP contribution in [0, 0.1) is 17.0 Å². The number of benzene rings is 1. The second-order valence-electron chi connectivity index (χ2n) is 3.04. The van der Waals surface area contributed by atoms with Crippen LogP contribution in [0.3, 0.4) is 0 Å². The van der Waals surface area contributed by atoms with Gasteiger partial charge in [-0.1, -0.05) is 0 Å². The predicted molar refractivity (Wildman–Crippen MR) is 60.5 cm³/mol. The molecule has 0 fully saturated rings. The minimum atomic E-state index is -0.352. The Kier molecular flexibility index (Phi) is 2.20. The molecule has 0 aliphatic carbocycles. The Balaban J connectivity index is 2.85. The van der Waals surface area contributed by atoms with Crippen molar-refractivity contribution in [1.82, 2.24) is 0 Å². The van der Waals surface area contributed by atoms with Crippen molar-refractivity contribution < 1.29 is 4.92 Å². The summed E-state index contributed by atoms with van der Waals surface area (Å²) in [5, 5.41) is 11.4. The lowest BCUT2D eigenvalue weighted by molar-refractivity contribution is -0.383. The number of hydrogen-bond acceptors (Lipinski definition) is 4. The van der Waals surface area contributed by atoms with Gasteiger partial charge in [-0.05, 0) is 24.6 Å². The minimum absolute atomic E-state index is 0.163. The van der Waals surface area contributed by atoms with Crippen molar-refractivity contribution in [2.75, 3.05) is 0 Å². The summed E-state index contributed by atoms with van der Waals surface area (Å²) < 4.78 is 1.72. The molecular formula is C9H7NO2S2. The highest BCUT2D eigenvalue weighted by Gasteiger charge is 2.14. The maximum Gasteiger partial charge on any atom is 0.278 e. The zero-order valence-electron chi connectivity index (χ0n) is 7.35. The summed E-state index contributed by atoms with van der Waals surface area (Å²) in [6.07, 6.45) is 0. The van der Waals surface area contributed by atoms with E-state index in [1.807, 2.05) is 13.0 Å². The highest BCUT2D eigenvalue weighted by atomic mass is 32.2. The third-order valence-electron chi connectivity index (χ3n) is 1.94. The van der Waals surface area contributed by atoms with Gasteiger partial charge < -0.3 is 0 Å². The summed E-state index contributed by atoms with van der Waals surface area (Å²) in [5.41, 5.74) is 1.07. The second kappa shape index (κ2) is 3.25. The molecule has 0 amide bonds. The summed E-state index contributed by atoms with van der Waals surface area (Å²) in [6.45, 7) is 1.85. The summed E-state index contributed by atoms with van der Waals surface area (Å²) in [6, 6.07) is 5.26. The molecule has 14 heavy (non-hydrogen) atoms. The van der Waals surface area contributed by atoms with Gasteiger partial charge >= 0.3 is 0 Å². The zero-order chi connectivity index (χ0) is 10.3. The third kappa shape index (κ3) is 1.49. The second-order valence-corrected chi connectivity index (χ2v) is 4.91. The lowest BCUT2D eigenvalue weighted by atomic mass is 10.1. The summed E-state index contributed by atoms with van der Waals surface area (Å²) in [4.78, 5) is 10.4. The number of rotatable bonds is 1. The van der Waals surface area contributed by atoms with E-state index in [9.17, 15) is 10.1 Å². The first kappa shape index (κ1) is 9.48. The van der Waals surface area contributed by atoms with E-state index in [0.717, 1.165) is 14.5 Å². The van der Waals surface area contributed by atoms with Gasteiger partial charge in [0.1, 0.15) is 0 Å². The standard InChI is InChI=1S/C9H7NO2S2/c1-5-2-7(10(11)12)6-4-9(13)14-8(6)3-5/h2-4,13H,1H3. The van der Waals surface area contributed by atoms with Gasteiger partial charge in [0.25, 0.3) is 5.69 Å². The maximum absolute atomic E-state index is 10.8. The number of non-ortho nitro benzene ring substituents is 1. The molecule has 0 aliphatic heterocycles. The van der Waals surface area contributed by atoms with Gasteiger partial charge in [0.2, 0.25) is 0 Å². The van der Waals surface area contributed by atoms with Crippen LogP contribution in [0.25, 0.3) is 10.1 Å². The van der Waals surface area contributed by atoms with Gasteiger partial charge in [0, 0.05) is 10.8 Å². The van der Waals surface area contributed by atoms with E-state index in [1.54, 1.807) is 12.1 Å². The Labute approximate surface area is 89.9 Å². The van der Waals surface area contributed by atoms with E-state index >= 15 is 0 Å². The average molecular weight is 225 g/mol. The first-order valence-corrected chi connectivity index (χ1v) is 5.22. The van der Waals surface area contributed by atoms with E-state index in [-0.39, 0.29) is 10.6 Å². The lowest BCUT2D eigenvalue weighted by Crippen LogP contribution is -1.88. The molecule has 0 bridgehead atoms. The fourth-order valence-electron chi connectivity index (χ4n) is 1.39. The smallest absolute Gasteiger partial charge is 0.258 e. The number of nitrogens with zero attached hydrogens (tertiary/aromatic N) is 1. The first-order chi connectivity index (χ1) is 6.58. The molecular weight excluding hydrogens is 218 g/mol. The van der Waals surface area contributed by atoms with Crippen LogP contribution in [0.1, 0.15) is 5.56 Å². The molecule has 1 aromatic heterocycles. The molecule has 1 aromatic carbocycles. The average Bonchev–Trinajstić information content (AvgIpc) is 2.42. The molecule has 0 spiro atoms. The summed E-state index contributed by atoms with van der Waals surface area (Å²) >= 11 is 5.65. The Bertz CT molecular complexity index is 519. The summed E-state index contributed by atoms with van der Waals surface area (Å²) in [5.74, 6) is 0. The van der Waals surface area contributed by atoms with Crippen LogP contribution < -0.4 is 0 Å². The Morgan fingerprint density at radius 2 is 2.14 bits per heavy atom. The number of thiol groups is 1. The topological polar surface area (TPSA) is 43.1 Å². The molecule has 0 aliphatic rings.